The molecule has 0 bridgehead atoms. The number of anilines is 2. The van der Waals surface area contributed by atoms with E-state index in [9.17, 15) is 14.0 Å². The predicted octanol–water partition coefficient (Wildman–Crippen LogP) is 5.53. The van der Waals surface area contributed by atoms with Crippen LogP contribution in [0.5, 0.6) is 0 Å². The van der Waals surface area contributed by atoms with E-state index < -0.39 is 11.7 Å². The largest absolute Gasteiger partial charge is 0.324 e. The van der Waals surface area contributed by atoms with Crippen LogP contribution >= 0.6 is 0 Å². The summed E-state index contributed by atoms with van der Waals surface area (Å²) >= 11 is 0. The lowest BCUT2D eigenvalue weighted by molar-refractivity contribution is 0.102. The number of hydrogen-bond acceptors (Lipinski definition) is 2. The van der Waals surface area contributed by atoms with E-state index >= 15 is 0 Å². The van der Waals surface area contributed by atoms with Gasteiger partial charge in [-0.2, -0.15) is 0 Å². The van der Waals surface area contributed by atoms with Crippen LogP contribution in [0.15, 0.2) is 66.7 Å². The highest BCUT2D eigenvalue weighted by molar-refractivity contribution is 6.04. The summed E-state index contributed by atoms with van der Waals surface area (Å²) in [5.74, 6) is -1.08. The molecular formula is C26H26FN3O2. The van der Waals surface area contributed by atoms with Crippen LogP contribution in [0.25, 0.3) is 0 Å². The molecule has 1 heterocycles. The van der Waals surface area contributed by atoms with Gasteiger partial charge in [-0.05, 0) is 62.2 Å². The third kappa shape index (κ3) is 4.80. The molecule has 1 saturated heterocycles. The number of halogens is 1. The van der Waals surface area contributed by atoms with Crippen LogP contribution in [-0.4, -0.2) is 29.9 Å². The quantitative estimate of drug-likeness (QED) is 0.578. The minimum Gasteiger partial charge on any atom is -0.322 e. The summed E-state index contributed by atoms with van der Waals surface area (Å²) in [6.45, 7) is 6.07. The van der Waals surface area contributed by atoms with Gasteiger partial charge in [0.15, 0.2) is 0 Å². The Bertz CT molecular complexity index is 1120. The molecule has 1 fully saturated rings. The fourth-order valence-corrected chi connectivity index (χ4v) is 4.12. The highest BCUT2D eigenvalue weighted by Gasteiger charge is 2.27. The number of hydrogen-bond donors (Lipinski definition) is 1. The van der Waals surface area contributed by atoms with Gasteiger partial charge in [0.25, 0.3) is 5.91 Å². The van der Waals surface area contributed by atoms with Crippen LogP contribution in [0.4, 0.5) is 20.6 Å². The Morgan fingerprint density at radius 1 is 0.969 bits per heavy atom. The average molecular weight is 432 g/mol. The van der Waals surface area contributed by atoms with Gasteiger partial charge in [-0.15, -0.1) is 0 Å². The Hall–Kier alpha value is -3.67. The minimum atomic E-state index is -0.565. The monoisotopic (exact) mass is 431 g/mol. The molecule has 6 heteroatoms. The Labute approximate surface area is 187 Å². The molecule has 3 aromatic rings. The molecule has 4 rings (SSSR count). The smallest absolute Gasteiger partial charge is 0.322 e. The molecular weight excluding hydrogens is 405 g/mol. The van der Waals surface area contributed by atoms with Crippen molar-refractivity contribution >= 4 is 23.3 Å². The third-order valence-corrected chi connectivity index (χ3v) is 5.52. The second kappa shape index (κ2) is 9.22. The highest BCUT2D eigenvalue weighted by Crippen LogP contribution is 2.24. The molecule has 1 aliphatic rings. The predicted molar refractivity (Wildman–Crippen MR) is 124 cm³/mol. The first-order valence-electron chi connectivity index (χ1n) is 10.7. The molecule has 3 amide bonds. The molecule has 5 nitrogen and oxygen atoms in total. The standard InChI is InChI=1S/C26H26FN3O2/c1-18-14-19(2)16-20(15-18)17-29-12-5-13-30(26(29)32)22-10-8-21(9-11-22)28-25(31)23-6-3-4-7-24(23)27/h3-4,6-11,14-16H,5,12-13,17H2,1-2H3,(H,28,31). The summed E-state index contributed by atoms with van der Waals surface area (Å²) in [7, 11) is 0. The zero-order chi connectivity index (χ0) is 22.7. The van der Waals surface area contributed by atoms with Gasteiger partial charge in [0.2, 0.25) is 0 Å². The maximum atomic E-state index is 13.8. The summed E-state index contributed by atoms with van der Waals surface area (Å²) in [4.78, 5) is 29.1. The molecule has 0 unspecified atom stereocenters. The number of carbonyl (C=O) groups excluding carboxylic acids is 2. The second-order valence-corrected chi connectivity index (χ2v) is 8.19. The SMILES string of the molecule is Cc1cc(C)cc(CN2CCCN(c3ccc(NC(=O)c4ccccc4F)cc3)C2=O)c1. The van der Waals surface area contributed by atoms with Crippen molar-refractivity contribution in [2.45, 2.75) is 26.8 Å². The number of urea groups is 1. The van der Waals surface area contributed by atoms with Crippen LogP contribution in [0, 0.1) is 19.7 Å². The maximum Gasteiger partial charge on any atom is 0.324 e. The van der Waals surface area contributed by atoms with Crippen molar-refractivity contribution in [3.8, 4) is 0 Å². The summed E-state index contributed by atoms with van der Waals surface area (Å²) in [5, 5.41) is 2.70. The topological polar surface area (TPSA) is 52.6 Å². The molecule has 164 valence electrons. The first kappa shape index (κ1) is 21.6. The van der Waals surface area contributed by atoms with E-state index in [1.165, 1.54) is 23.3 Å². The number of nitrogens with one attached hydrogen (secondary N) is 1. The van der Waals surface area contributed by atoms with E-state index in [4.69, 9.17) is 0 Å². The van der Waals surface area contributed by atoms with Crippen LogP contribution < -0.4 is 10.2 Å². The number of nitrogens with zero attached hydrogens (tertiary/aromatic N) is 2. The van der Waals surface area contributed by atoms with Gasteiger partial charge in [-0.25, -0.2) is 9.18 Å². The lowest BCUT2D eigenvalue weighted by Crippen LogP contribution is -2.49. The van der Waals surface area contributed by atoms with E-state index in [1.54, 1.807) is 41.3 Å². The Kier molecular flexibility index (Phi) is 6.21. The summed E-state index contributed by atoms with van der Waals surface area (Å²) < 4.78 is 13.8. The van der Waals surface area contributed by atoms with Gasteiger partial charge in [0, 0.05) is 31.0 Å². The van der Waals surface area contributed by atoms with Crippen molar-refractivity contribution in [2.75, 3.05) is 23.3 Å². The van der Waals surface area contributed by atoms with E-state index in [2.05, 4.69) is 37.4 Å². The van der Waals surface area contributed by atoms with Crippen molar-refractivity contribution < 1.29 is 14.0 Å². The van der Waals surface area contributed by atoms with Crippen molar-refractivity contribution in [3.63, 3.8) is 0 Å². The molecule has 1 aliphatic heterocycles. The zero-order valence-corrected chi connectivity index (χ0v) is 18.3. The molecule has 3 aromatic carbocycles. The van der Waals surface area contributed by atoms with Crippen LogP contribution in [0.2, 0.25) is 0 Å². The lowest BCUT2D eigenvalue weighted by Gasteiger charge is -2.36. The first-order chi connectivity index (χ1) is 15.4. The summed E-state index contributed by atoms with van der Waals surface area (Å²) in [5.41, 5.74) is 4.81. The van der Waals surface area contributed by atoms with E-state index in [-0.39, 0.29) is 11.6 Å². The van der Waals surface area contributed by atoms with Gasteiger partial charge >= 0.3 is 6.03 Å². The summed E-state index contributed by atoms with van der Waals surface area (Å²) in [6, 6.07) is 19.2. The van der Waals surface area contributed by atoms with Gasteiger partial charge in [-0.3, -0.25) is 9.69 Å². The molecule has 0 atom stereocenters. The van der Waals surface area contributed by atoms with Gasteiger partial charge in [0.1, 0.15) is 5.82 Å². The Balaban J connectivity index is 1.44. The van der Waals surface area contributed by atoms with Gasteiger partial charge in [0.05, 0.1) is 5.56 Å². The average Bonchev–Trinajstić information content (AvgIpc) is 2.75. The molecule has 0 spiro atoms. The Morgan fingerprint density at radius 2 is 1.66 bits per heavy atom. The highest BCUT2D eigenvalue weighted by atomic mass is 19.1. The van der Waals surface area contributed by atoms with E-state index in [0.717, 1.165) is 24.2 Å². The number of amides is 3. The third-order valence-electron chi connectivity index (χ3n) is 5.52. The van der Waals surface area contributed by atoms with Crippen molar-refractivity contribution in [1.29, 1.82) is 0 Å². The fourth-order valence-electron chi connectivity index (χ4n) is 4.12. The number of rotatable bonds is 5. The first-order valence-corrected chi connectivity index (χ1v) is 10.7. The number of carbonyl (C=O) groups is 2. The second-order valence-electron chi connectivity index (χ2n) is 8.19. The molecule has 0 saturated carbocycles. The fraction of sp³-hybridized carbons (Fsp3) is 0.231. The molecule has 0 aliphatic carbocycles. The zero-order valence-electron chi connectivity index (χ0n) is 18.3. The van der Waals surface area contributed by atoms with Gasteiger partial charge < -0.3 is 10.2 Å². The van der Waals surface area contributed by atoms with E-state index in [0.29, 0.717) is 18.8 Å². The number of benzene rings is 3. The molecule has 32 heavy (non-hydrogen) atoms. The van der Waals surface area contributed by atoms with E-state index in [1.807, 2.05) is 4.90 Å². The van der Waals surface area contributed by atoms with Gasteiger partial charge in [-0.1, -0.05) is 41.5 Å². The molecule has 1 N–H and O–H groups in total. The summed E-state index contributed by atoms with van der Waals surface area (Å²) in [6.07, 6.45) is 0.877. The van der Waals surface area contributed by atoms with Crippen LogP contribution in [0.1, 0.15) is 33.5 Å². The molecule has 0 aromatic heterocycles. The number of aryl methyl sites for hydroxylation is 2. The lowest BCUT2D eigenvalue weighted by atomic mass is 10.1. The Morgan fingerprint density at radius 3 is 2.34 bits per heavy atom. The van der Waals surface area contributed by atoms with Crippen molar-refractivity contribution in [1.82, 2.24) is 4.90 Å². The minimum absolute atomic E-state index is 0.00943. The van der Waals surface area contributed by atoms with Crippen LogP contribution in [-0.2, 0) is 6.54 Å². The molecule has 0 radical (unpaired) electrons. The van der Waals surface area contributed by atoms with Crippen molar-refractivity contribution in [3.05, 3.63) is 94.8 Å². The maximum absolute atomic E-state index is 13.8. The van der Waals surface area contributed by atoms with Crippen molar-refractivity contribution in [2.24, 2.45) is 0 Å². The normalized spacial score (nSPS) is 13.9. The van der Waals surface area contributed by atoms with Crippen LogP contribution in [0.3, 0.4) is 0 Å².